The molecule has 0 radical (unpaired) electrons. The summed E-state index contributed by atoms with van der Waals surface area (Å²) in [7, 11) is 0. The first-order valence-electron chi connectivity index (χ1n) is 5.27. The molecule has 1 aromatic carbocycles. The Morgan fingerprint density at radius 1 is 1.41 bits per heavy atom. The van der Waals surface area contributed by atoms with Gasteiger partial charge in [0.25, 0.3) is 0 Å². The van der Waals surface area contributed by atoms with Crippen molar-refractivity contribution < 1.29 is 5.11 Å². The molecule has 90 valence electrons. The standard InChI is InChI=1S/C11H13N3O2S/c1-2-14-10(16)12-13-11(14)17-9-5-3-8(7-15)4-6-9/h3-6,15H,2,7H2,1H3,(H,12,16). The van der Waals surface area contributed by atoms with Crippen molar-refractivity contribution in [3.63, 3.8) is 0 Å². The average Bonchev–Trinajstić information content (AvgIpc) is 2.71. The maximum atomic E-state index is 11.4. The summed E-state index contributed by atoms with van der Waals surface area (Å²) in [5.74, 6) is 0. The van der Waals surface area contributed by atoms with Gasteiger partial charge >= 0.3 is 5.69 Å². The van der Waals surface area contributed by atoms with Gasteiger partial charge in [0.05, 0.1) is 6.61 Å². The zero-order chi connectivity index (χ0) is 12.3. The minimum Gasteiger partial charge on any atom is -0.392 e. The Morgan fingerprint density at radius 2 is 2.12 bits per heavy atom. The van der Waals surface area contributed by atoms with E-state index in [0.717, 1.165) is 10.5 Å². The lowest BCUT2D eigenvalue weighted by Gasteiger charge is -2.02. The Morgan fingerprint density at radius 3 is 2.71 bits per heavy atom. The second kappa shape index (κ2) is 5.20. The summed E-state index contributed by atoms with van der Waals surface area (Å²) in [4.78, 5) is 12.3. The molecular formula is C11H13N3O2S. The summed E-state index contributed by atoms with van der Waals surface area (Å²) >= 11 is 1.42. The van der Waals surface area contributed by atoms with E-state index in [1.54, 1.807) is 4.57 Å². The molecule has 2 N–H and O–H groups in total. The zero-order valence-corrected chi connectivity index (χ0v) is 10.2. The average molecular weight is 251 g/mol. The molecule has 2 aromatic rings. The molecule has 0 spiro atoms. The molecular weight excluding hydrogens is 238 g/mol. The third kappa shape index (κ3) is 2.59. The van der Waals surface area contributed by atoms with Crippen LogP contribution in [0, 0.1) is 0 Å². The van der Waals surface area contributed by atoms with Crippen molar-refractivity contribution in [1.29, 1.82) is 0 Å². The van der Waals surface area contributed by atoms with Crippen LogP contribution in [0.4, 0.5) is 0 Å². The summed E-state index contributed by atoms with van der Waals surface area (Å²) < 4.78 is 1.57. The monoisotopic (exact) mass is 251 g/mol. The third-order valence-electron chi connectivity index (χ3n) is 2.35. The van der Waals surface area contributed by atoms with Gasteiger partial charge < -0.3 is 5.11 Å². The number of hydrogen-bond donors (Lipinski definition) is 2. The number of H-pyrrole nitrogens is 1. The molecule has 0 aliphatic rings. The highest BCUT2D eigenvalue weighted by atomic mass is 32.2. The smallest absolute Gasteiger partial charge is 0.343 e. The number of aromatic nitrogens is 3. The van der Waals surface area contributed by atoms with E-state index < -0.39 is 0 Å². The molecule has 0 amide bonds. The number of hydrogen-bond acceptors (Lipinski definition) is 4. The van der Waals surface area contributed by atoms with Crippen molar-refractivity contribution >= 4 is 11.8 Å². The van der Waals surface area contributed by atoms with Gasteiger partial charge in [0.15, 0.2) is 5.16 Å². The van der Waals surface area contributed by atoms with Crippen LogP contribution in [0.1, 0.15) is 12.5 Å². The topological polar surface area (TPSA) is 70.9 Å². The molecule has 0 fully saturated rings. The van der Waals surface area contributed by atoms with Crippen molar-refractivity contribution in [3.8, 4) is 0 Å². The maximum Gasteiger partial charge on any atom is 0.343 e. The summed E-state index contributed by atoms with van der Waals surface area (Å²) in [6.07, 6.45) is 0. The van der Waals surface area contributed by atoms with Gasteiger partial charge in [-0.25, -0.2) is 9.89 Å². The van der Waals surface area contributed by atoms with E-state index in [4.69, 9.17) is 5.11 Å². The molecule has 5 nitrogen and oxygen atoms in total. The first-order valence-corrected chi connectivity index (χ1v) is 6.09. The molecule has 0 bridgehead atoms. The van der Waals surface area contributed by atoms with Crippen LogP contribution in [0.15, 0.2) is 39.1 Å². The summed E-state index contributed by atoms with van der Waals surface area (Å²) in [6, 6.07) is 7.50. The highest BCUT2D eigenvalue weighted by Gasteiger charge is 2.07. The molecule has 0 atom stereocenters. The number of rotatable bonds is 4. The van der Waals surface area contributed by atoms with Crippen molar-refractivity contribution in [3.05, 3.63) is 40.3 Å². The zero-order valence-electron chi connectivity index (χ0n) is 9.38. The van der Waals surface area contributed by atoms with Gasteiger partial charge in [0, 0.05) is 11.4 Å². The van der Waals surface area contributed by atoms with E-state index in [1.807, 2.05) is 31.2 Å². The Hall–Kier alpha value is -1.53. The van der Waals surface area contributed by atoms with Crippen LogP contribution >= 0.6 is 11.8 Å². The van der Waals surface area contributed by atoms with E-state index in [9.17, 15) is 4.79 Å². The first kappa shape index (κ1) is 11.9. The first-order chi connectivity index (χ1) is 8.24. The maximum absolute atomic E-state index is 11.4. The number of aromatic amines is 1. The normalized spacial score (nSPS) is 10.7. The number of nitrogens with zero attached hydrogens (tertiary/aromatic N) is 2. The molecule has 17 heavy (non-hydrogen) atoms. The Bertz CT molecular complexity index is 545. The van der Waals surface area contributed by atoms with E-state index in [-0.39, 0.29) is 12.3 Å². The lowest BCUT2D eigenvalue weighted by molar-refractivity contribution is 0.282. The minimum absolute atomic E-state index is 0.0347. The third-order valence-corrected chi connectivity index (χ3v) is 3.36. The van der Waals surface area contributed by atoms with E-state index in [1.165, 1.54) is 11.8 Å². The minimum atomic E-state index is -0.193. The van der Waals surface area contributed by atoms with Crippen molar-refractivity contribution in [2.75, 3.05) is 0 Å². The molecule has 0 aliphatic carbocycles. The van der Waals surface area contributed by atoms with Gasteiger partial charge in [0.1, 0.15) is 0 Å². The molecule has 1 aromatic heterocycles. The quantitative estimate of drug-likeness (QED) is 0.857. The Kier molecular flexibility index (Phi) is 3.65. The van der Waals surface area contributed by atoms with Crippen LogP contribution in [0.5, 0.6) is 0 Å². The predicted molar refractivity (Wildman–Crippen MR) is 65.0 cm³/mol. The fourth-order valence-corrected chi connectivity index (χ4v) is 2.32. The number of aliphatic hydroxyl groups excluding tert-OH is 1. The van der Waals surface area contributed by atoms with Gasteiger partial charge in [-0.3, -0.25) is 4.57 Å². The molecule has 1 heterocycles. The molecule has 0 saturated carbocycles. The van der Waals surface area contributed by atoms with Crippen LogP contribution in [-0.2, 0) is 13.2 Å². The number of nitrogens with one attached hydrogen (secondary N) is 1. The second-order valence-corrected chi connectivity index (χ2v) is 4.50. The van der Waals surface area contributed by atoms with Gasteiger partial charge in [0.2, 0.25) is 0 Å². The van der Waals surface area contributed by atoms with E-state index in [0.29, 0.717) is 11.7 Å². The van der Waals surface area contributed by atoms with Crippen LogP contribution < -0.4 is 5.69 Å². The molecule has 0 aliphatic heterocycles. The van der Waals surface area contributed by atoms with Crippen molar-refractivity contribution in [2.24, 2.45) is 0 Å². The highest BCUT2D eigenvalue weighted by molar-refractivity contribution is 7.99. The van der Waals surface area contributed by atoms with Gasteiger partial charge in [-0.2, -0.15) is 0 Å². The highest BCUT2D eigenvalue weighted by Crippen LogP contribution is 2.25. The number of aliphatic hydroxyl groups is 1. The van der Waals surface area contributed by atoms with Gasteiger partial charge in [-0.15, -0.1) is 5.10 Å². The SMILES string of the molecule is CCn1c(Sc2ccc(CO)cc2)n[nH]c1=O. The fraction of sp³-hybridized carbons (Fsp3) is 0.273. The number of benzene rings is 1. The predicted octanol–water partition coefficient (Wildman–Crippen LogP) is 1.23. The Balaban J connectivity index is 2.22. The molecule has 2 rings (SSSR count). The van der Waals surface area contributed by atoms with Gasteiger partial charge in [-0.1, -0.05) is 12.1 Å². The van der Waals surface area contributed by atoms with Crippen molar-refractivity contribution in [1.82, 2.24) is 14.8 Å². The Labute approximate surface area is 102 Å². The summed E-state index contributed by atoms with van der Waals surface area (Å²) in [5.41, 5.74) is 0.672. The second-order valence-electron chi connectivity index (χ2n) is 3.46. The molecule has 0 unspecified atom stereocenters. The lowest BCUT2D eigenvalue weighted by Crippen LogP contribution is -2.15. The van der Waals surface area contributed by atoms with Crippen LogP contribution in [0.25, 0.3) is 0 Å². The molecule has 6 heteroatoms. The van der Waals surface area contributed by atoms with Crippen LogP contribution in [0.3, 0.4) is 0 Å². The fourth-order valence-electron chi connectivity index (χ4n) is 1.43. The van der Waals surface area contributed by atoms with E-state index in [2.05, 4.69) is 10.2 Å². The summed E-state index contributed by atoms with van der Waals surface area (Å²) in [6.45, 7) is 2.52. The van der Waals surface area contributed by atoms with Crippen molar-refractivity contribution in [2.45, 2.75) is 30.1 Å². The van der Waals surface area contributed by atoms with Crippen LogP contribution in [0.2, 0.25) is 0 Å². The van der Waals surface area contributed by atoms with Gasteiger partial charge in [-0.05, 0) is 36.4 Å². The largest absolute Gasteiger partial charge is 0.392 e. The van der Waals surface area contributed by atoms with Crippen LogP contribution in [-0.4, -0.2) is 19.9 Å². The summed E-state index contributed by atoms with van der Waals surface area (Å²) in [5, 5.41) is 16.0. The van der Waals surface area contributed by atoms with E-state index >= 15 is 0 Å². The lowest BCUT2D eigenvalue weighted by atomic mass is 10.2. The molecule has 0 saturated heterocycles.